The number of methoxy groups -OCH3 is 1. The maximum atomic E-state index is 11.9. The average molecular weight is 279 g/mol. The molecule has 0 aliphatic rings. The molecular formula is C11H15ClO2S2. The topological polar surface area (TPSA) is 26.3 Å². The number of halogens is 1. The minimum atomic E-state index is -0.00780. The molecule has 1 rings (SSSR count). The summed E-state index contributed by atoms with van der Waals surface area (Å²) in [7, 11) is 1.69. The van der Waals surface area contributed by atoms with E-state index in [-0.39, 0.29) is 11.0 Å². The number of carbonyl (C=O) groups excluding carboxylic acids is 1. The van der Waals surface area contributed by atoms with E-state index in [1.807, 2.05) is 6.92 Å². The predicted molar refractivity (Wildman–Crippen MR) is 72.1 cm³/mol. The van der Waals surface area contributed by atoms with E-state index < -0.39 is 0 Å². The molecule has 1 heterocycles. The maximum absolute atomic E-state index is 11.9. The van der Waals surface area contributed by atoms with Crippen molar-refractivity contribution < 1.29 is 9.53 Å². The molecule has 0 aliphatic heterocycles. The zero-order valence-electron chi connectivity index (χ0n) is 9.36. The Balaban J connectivity index is 2.36. The first-order chi connectivity index (χ1) is 7.65. The van der Waals surface area contributed by atoms with Crippen LogP contribution in [0.2, 0.25) is 4.34 Å². The van der Waals surface area contributed by atoms with Crippen molar-refractivity contribution in [2.45, 2.75) is 18.6 Å². The Bertz CT molecular complexity index is 338. The van der Waals surface area contributed by atoms with Crippen molar-refractivity contribution in [2.75, 3.05) is 19.5 Å². The third-order valence-corrected chi connectivity index (χ3v) is 4.53. The molecule has 1 aromatic heterocycles. The Morgan fingerprint density at radius 1 is 1.62 bits per heavy atom. The van der Waals surface area contributed by atoms with Crippen molar-refractivity contribution in [3.8, 4) is 0 Å². The molecule has 0 fully saturated rings. The summed E-state index contributed by atoms with van der Waals surface area (Å²) in [6, 6.07) is 3.56. The highest BCUT2D eigenvalue weighted by Crippen LogP contribution is 2.25. The van der Waals surface area contributed by atoms with Crippen LogP contribution in [0.3, 0.4) is 0 Å². The second kappa shape index (κ2) is 7.33. The Morgan fingerprint density at radius 2 is 2.38 bits per heavy atom. The van der Waals surface area contributed by atoms with E-state index in [0.29, 0.717) is 4.34 Å². The fraction of sp³-hybridized carbons (Fsp3) is 0.545. The summed E-state index contributed by atoms with van der Waals surface area (Å²) in [6.07, 6.45) is 0.976. The smallest absolute Gasteiger partial charge is 0.185 e. The highest BCUT2D eigenvalue weighted by atomic mass is 35.5. The largest absolute Gasteiger partial charge is 0.385 e. The van der Waals surface area contributed by atoms with E-state index in [9.17, 15) is 4.79 Å². The van der Waals surface area contributed by atoms with E-state index in [1.165, 1.54) is 11.3 Å². The fourth-order valence-electron chi connectivity index (χ4n) is 1.19. The van der Waals surface area contributed by atoms with Crippen LogP contribution in [0.25, 0.3) is 0 Å². The highest BCUT2D eigenvalue weighted by Gasteiger charge is 2.16. The molecule has 1 aromatic rings. The number of carbonyl (C=O) groups is 1. The normalized spacial score (nSPS) is 12.7. The van der Waals surface area contributed by atoms with E-state index >= 15 is 0 Å². The van der Waals surface area contributed by atoms with Crippen LogP contribution < -0.4 is 0 Å². The van der Waals surface area contributed by atoms with Crippen molar-refractivity contribution in [2.24, 2.45) is 0 Å². The number of hydrogen-bond acceptors (Lipinski definition) is 4. The van der Waals surface area contributed by atoms with Crippen LogP contribution in [0.15, 0.2) is 12.1 Å². The summed E-state index contributed by atoms with van der Waals surface area (Å²) >= 11 is 8.81. The molecule has 0 amide bonds. The van der Waals surface area contributed by atoms with Crippen LogP contribution >= 0.6 is 34.7 Å². The SMILES string of the molecule is COCCCSC(C)C(=O)c1ccc(Cl)s1. The molecule has 0 aliphatic carbocycles. The molecule has 0 saturated heterocycles. The van der Waals surface area contributed by atoms with E-state index in [2.05, 4.69) is 0 Å². The third-order valence-electron chi connectivity index (χ3n) is 2.05. The van der Waals surface area contributed by atoms with E-state index in [1.54, 1.807) is 31.0 Å². The molecule has 16 heavy (non-hydrogen) atoms. The van der Waals surface area contributed by atoms with Crippen LogP contribution in [0, 0.1) is 0 Å². The maximum Gasteiger partial charge on any atom is 0.185 e. The van der Waals surface area contributed by atoms with Gasteiger partial charge in [0.05, 0.1) is 14.5 Å². The summed E-state index contributed by atoms with van der Waals surface area (Å²) in [6.45, 7) is 2.69. The van der Waals surface area contributed by atoms with Gasteiger partial charge in [0.15, 0.2) is 5.78 Å². The molecule has 1 atom stereocenters. The summed E-state index contributed by atoms with van der Waals surface area (Å²) in [5.41, 5.74) is 0. The van der Waals surface area contributed by atoms with Crippen molar-refractivity contribution >= 4 is 40.5 Å². The Morgan fingerprint density at radius 3 is 2.94 bits per heavy atom. The number of thioether (sulfide) groups is 1. The molecule has 2 nitrogen and oxygen atoms in total. The van der Waals surface area contributed by atoms with Crippen LogP contribution in [0.5, 0.6) is 0 Å². The quantitative estimate of drug-likeness (QED) is 0.561. The molecule has 0 bridgehead atoms. The van der Waals surface area contributed by atoms with Crippen LogP contribution in [0.4, 0.5) is 0 Å². The Labute approximate surface area is 109 Å². The molecule has 0 aromatic carbocycles. The zero-order chi connectivity index (χ0) is 12.0. The molecule has 5 heteroatoms. The van der Waals surface area contributed by atoms with E-state index in [4.69, 9.17) is 16.3 Å². The zero-order valence-corrected chi connectivity index (χ0v) is 11.8. The number of ketones is 1. The Hall–Kier alpha value is -0.0300. The number of Topliss-reactive ketones (excluding diaryl/α,β-unsaturated/α-hetero) is 1. The van der Waals surface area contributed by atoms with Gasteiger partial charge in [-0.15, -0.1) is 11.3 Å². The van der Waals surface area contributed by atoms with Crippen molar-refractivity contribution in [3.63, 3.8) is 0 Å². The van der Waals surface area contributed by atoms with Gasteiger partial charge in [-0.3, -0.25) is 4.79 Å². The standard InChI is InChI=1S/C11H15ClO2S2/c1-8(15-7-3-6-14-2)11(13)9-4-5-10(12)16-9/h4-5,8H,3,6-7H2,1-2H3. The Kier molecular flexibility index (Phi) is 6.43. The summed E-state index contributed by atoms with van der Waals surface area (Å²) < 4.78 is 5.63. The van der Waals surface area contributed by atoms with Crippen molar-refractivity contribution in [3.05, 3.63) is 21.3 Å². The second-order valence-electron chi connectivity index (χ2n) is 3.33. The van der Waals surface area contributed by atoms with Gasteiger partial charge in [0.25, 0.3) is 0 Å². The van der Waals surface area contributed by atoms with Gasteiger partial charge in [-0.1, -0.05) is 11.6 Å². The first-order valence-electron chi connectivity index (χ1n) is 5.05. The molecular weight excluding hydrogens is 264 g/mol. The lowest BCUT2D eigenvalue weighted by Gasteiger charge is -2.08. The predicted octanol–water partition coefficient (Wildman–Crippen LogP) is 3.74. The number of rotatable bonds is 7. The van der Waals surface area contributed by atoms with Crippen LogP contribution in [-0.4, -0.2) is 30.5 Å². The minimum Gasteiger partial charge on any atom is -0.385 e. The summed E-state index contributed by atoms with van der Waals surface area (Å²) in [4.78, 5) is 12.7. The van der Waals surface area contributed by atoms with Gasteiger partial charge >= 0.3 is 0 Å². The minimum absolute atomic E-state index is 0.00780. The lowest BCUT2D eigenvalue weighted by Crippen LogP contribution is -2.12. The van der Waals surface area contributed by atoms with Crippen molar-refractivity contribution in [1.82, 2.24) is 0 Å². The number of ether oxygens (including phenoxy) is 1. The van der Waals surface area contributed by atoms with Gasteiger partial charge in [0.2, 0.25) is 0 Å². The van der Waals surface area contributed by atoms with Gasteiger partial charge in [-0.25, -0.2) is 0 Å². The first-order valence-corrected chi connectivity index (χ1v) is 7.29. The molecule has 0 N–H and O–H groups in total. The summed E-state index contributed by atoms with van der Waals surface area (Å²) in [5.74, 6) is 1.11. The lowest BCUT2D eigenvalue weighted by molar-refractivity contribution is 0.0997. The van der Waals surface area contributed by atoms with Crippen LogP contribution in [-0.2, 0) is 4.74 Å². The molecule has 0 radical (unpaired) electrons. The number of hydrogen-bond donors (Lipinski definition) is 0. The second-order valence-corrected chi connectivity index (χ2v) is 6.49. The fourth-order valence-corrected chi connectivity index (χ4v) is 3.25. The number of thiophene rings is 1. The summed E-state index contributed by atoms with van der Waals surface area (Å²) in [5, 5.41) is -0.00780. The van der Waals surface area contributed by atoms with Gasteiger partial charge in [-0.05, 0) is 31.2 Å². The lowest BCUT2D eigenvalue weighted by atomic mass is 10.2. The van der Waals surface area contributed by atoms with E-state index in [0.717, 1.165) is 23.7 Å². The van der Waals surface area contributed by atoms with Gasteiger partial charge in [0, 0.05) is 13.7 Å². The van der Waals surface area contributed by atoms with Crippen molar-refractivity contribution in [1.29, 1.82) is 0 Å². The molecule has 90 valence electrons. The van der Waals surface area contributed by atoms with Gasteiger partial charge < -0.3 is 4.74 Å². The van der Waals surface area contributed by atoms with Crippen LogP contribution in [0.1, 0.15) is 23.0 Å². The molecule has 0 saturated carbocycles. The first kappa shape index (κ1) is 14.0. The molecule has 0 spiro atoms. The third kappa shape index (κ3) is 4.45. The average Bonchev–Trinajstić information content (AvgIpc) is 2.70. The molecule has 1 unspecified atom stereocenters. The highest BCUT2D eigenvalue weighted by molar-refractivity contribution is 8.00. The van der Waals surface area contributed by atoms with Gasteiger partial charge in [0.1, 0.15) is 0 Å². The monoisotopic (exact) mass is 278 g/mol. The van der Waals surface area contributed by atoms with Gasteiger partial charge in [-0.2, -0.15) is 11.8 Å².